The Morgan fingerprint density at radius 1 is 1.44 bits per heavy atom. The van der Waals surface area contributed by atoms with Crippen LogP contribution in [-0.4, -0.2) is 29.4 Å². The van der Waals surface area contributed by atoms with Gasteiger partial charge in [0.15, 0.2) is 0 Å². The molecule has 0 unspecified atom stereocenters. The molecule has 1 aliphatic heterocycles. The molecule has 0 aromatic heterocycles. The summed E-state index contributed by atoms with van der Waals surface area (Å²) in [5.74, 6) is 0.313. The normalized spacial score (nSPS) is 21.2. The SMILES string of the molecule is CC(C)(CCCN1CCCC1(C)C)C(=N)N. The van der Waals surface area contributed by atoms with Crippen LogP contribution < -0.4 is 5.73 Å². The summed E-state index contributed by atoms with van der Waals surface area (Å²) in [6, 6.07) is 0. The van der Waals surface area contributed by atoms with E-state index in [2.05, 4.69) is 32.6 Å². The lowest BCUT2D eigenvalue weighted by atomic mass is 9.86. The van der Waals surface area contributed by atoms with Crippen molar-refractivity contribution in [1.82, 2.24) is 4.90 Å². The standard InChI is InChI=1S/C13H27N3/c1-12(2,11(14)15)7-5-9-16-10-6-8-13(16,3)4/h5-10H2,1-4H3,(H3,14,15). The molecule has 94 valence electrons. The highest BCUT2D eigenvalue weighted by molar-refractivity contribution is 5.82. The van der Waals surface area contributed by atoms with Crippen LogP contribution in [-0.2, 0) is 0 Å². The number of amidine groups is 1. The summed E-state index contributed by atoms with van der Waals surface area (Å²) in [5, 5.41) is 7.53. The summed E-state index contributed by atoms with van der Waals surface area (Å²) in [7, 11) is 0. The Morgan fingerprint density at radius 3 is 2.50 bits per heavy atom. The Kier molecular flexibility index (Phi) is 4.00. The molecule has 1 heterocycles. The monoisotopic (exact) mass is 225 g/mol. The molecule has 0 atom stereocenters. The molecule has 0 spiro atoms. The minimum atomic E-state index is -0.135. The van der Waals surface area contributed by atoms with Gasteiger partial charge in [0, 0.05) is 11.0 Å². The van der Waals surface area contributed by atoms with Crippen molar-refractivity contribution in [2.45, 2.75) is 58.9 Å². The molecule has 0 aromatic carbocycles. The van der Waals surface area contributed by atoms with Gasteiger partial charge in [-0.25, -0.2) is 0 Å². The molecule has 0 bridgehead atoms. The van der Waals surface area contributed by atoms with E-state index >= 15 is 0 Å². The van der Waals surface area contributed by atoms with E-state index in [-0.39, 0.29) is 5.41 Å². The molecule has 1 saturated heterocycles. The maximum absolute atomic E-state index is 7.53. The molecule has 0 aliphatic carbocycles. The first-order valence-electron chi connectivity index (χ1n) is 6.35. The molecule has 16 heavy (non-hydrogen) atoms. The minimum absolute atomic E-state index is 0.135. The van der Waals surface area contributed by atoms with Crippen molar-refractivity contribution >= 4 is 5.84 Å². The summed E-state index contributed by atoms with van der Waals surface area (Å²) in [4.78, 5) is 2.57. The summed E-state index contributed by atoms with van der Waals surface area (Å²) in [6.07, 6.45) is 4.77. The Balaban J connectivity index is 2.34. The molecule has 0 amide bonds. The topological polar surface area (TPSA) is 53.1 Å². The zero-order valence-corrected chi connectivity index (χ0v) is 11.3. The summed E-state index contributed by atoms with van der Waals surface area (Å²) < 4.78 is 0. The maximum atomic E-state index is 7.53. The van der Waals surface area contributed by atoms with Gasteiger partial charge in [0.25, 0.3) is 0 Å². The zero-order valence-electron chi connectivity index (χ0n) is 11.3. The lowest BCUT2D eigenvalue weighted by molar-refractivity contribution is 0.167. The van der Waals surface area contributed by atoms with Crippen molar-refractivity contribution in [3.63, 3.8) is 0 Å². The lowest BCUT2D eigenvalue weighted by Crippen LogP contribution is -2.39. The fourth-order valence-electron chi connectivity index (χ4n) is 2.42. The van der Waals surface area contributed by atoms with E-state index in [0.717, 1.165) is 19.4 Å². The first kappa shape index (κ1) is 13.5. The molecular formula is C13H27N3. The summed E-state index contributed by atoms with van der Waals surface area (Å²) in [5.41, 5.74) is 5.83. The maximum Gasteiger partial charge on any atom is 0.0963 e. The quantitative estimate of drug-likeness (QED) is 0.558. The Morgan fingerprint density at radius 2 is 2.06 bits per heavy atom. The number of hydrogen-bond donors (Lipinski definition) is 2. The van der Waals surface area contributed by atoms with Gasteiger partial charge in [-0.15, -0.1) is 0 Å². The fourth-order valence-corrected chi connectivity index (χ4v) is 2.42. The van der Waals surface area contributed by atoms with Gasteiger partial charge in [-0.2, -0.15) is 0 Å². The van der Waals surface area contributed by atoms with Crippen LogP contribution >= 0.6 is 0 Å². The van der Waals surface area contributed by atoms with Crippen molar-refractivity contribution in [3.8, 4) is 0 Å². The predicted molar refractivity (Wildman–Crippen MR) is 69.8 cm³/mol. The van der Waals surface area contributed by atoms with Gasteiger partial charge in [-0.05, 0) is 52.6 Å². The van der Waals surface area contributed by atoms with Crippen LogP contribution in [0.4, 0.5) is 0 Å². The highest BCUT2D eigenvalue weighted by Gasteiger charge is 2.31. The third-order valence-electron chi connectivity index (χ3n) is 4.03. The number of nitrogens with zero attached hydrogens (tertiary/aromatic N) is 1. The Labute approximate surface area is 99.9 Å². The fraction of sp³-hybridized carbons (Fsp3) is 0.923. The van der Waals surface area contributed by atoms with E-state index in [4.69, 9.17) is 11.1 Å². The average Bonchev–Trinajstić information content (AvgIpc) is 2.45. The highest BCUT2D eigenvalue weighted by Crippen LogP contribution is 2.29. The van der Waals surface area contributed by atoms with E-state index in [1.807, 2.05) is 0 Å². The first-order chi connectivity index (χ1) is 7.26. The van der Waals surface area contributed by atoms with Gasteiger partial charge in [0.05, 0.1) is 5.84 Å². The molecular weight excluding hydrogens is 198 g/mol. The van der Waals surface area contributed by atoms with Gasteiger partial charge >= 0.3 is 0 Å². The van der Waals surface area contributed by atoms with Crippen LogP contribution in [0.1, 0.15) is 53.4 Å². The number of nitrogens with two attached hydrogens (primary N) is 1. The van der Waals surface area contributed by atoms with Crippen molar-refractivity contribution in [1.29, 1.82) is 5.41 Å². The number of nitrogens with one attached hydrogen (secondary N) is 1. The molecule has 1 fully saturated rings. The Hall–Kier alpha value is -0.570. The molecule has 0 aromatic rings. The van der Waals surface area contributed by atoms with E-state index in [9.17, 15) is 0 Å². The lowest BCUT2D eigenvalue weighted by Gasteiger charge is -2.32. The van der Waals surface area contributed by atoms with Gasteiger partial charge in [-0.3, -0.25) is 10.3 Å². The molecule has 3 heteroatoms. The molecule has 3 N–H and O–H groups in total. The number of hydrogen-bond acceptors (Lipinski definition) is 2. The molecule has 3 nitrogen and oxygen atoms in total. The summed E-state index contributed by atoms with van der Waals surface area (Å²) >= 11 is 0. The zero-order chi connectivity index (χ0) is 12.4. The molecule has 1 rings (SSSR count). The van der Waals surface area contributed by atoms with Crippen LogP contribution in [0.2, 0.25) is 0 Å². The van der Waals surface area contributed by atoms with E-state index in [1.54, 1.807) is 0 Å². The van der Waals surface area contributed by atoms with Crippen LogP contribution in [0.15, 0.2) is 0 Å². The third-order valence-corrected chi connectivity index (χ3v) is 4.03. The average molecular weight is 225 g/mol. The van der Waals surface area contributed by atoms with Crippen LogP contribution in [0.25, 0.3) is 0 Å². The van der Waals surface area contributed by atoms with Crippen LogP contribution in [0.3, 0.4) is 0 Å². The van der Waals surface area contributed by atoms with Crippen LogP contribution in [0, 0.1) is 10.8 Å². The highest BCUT2D eigenvalue weighted by atomic mass is 15.2. The van der Waals surface area contributed by atoms with Crippen molar-refractivity contribution in [2.75, 3.05) is 13.1 Å². The largest absolute Gasteiger partial charge is 0.387 e. The number of likely N-dealkylation sites (tertiary alicyclic amines) is 1. The Bertz CT molecular complexity index is 256. The van der Waals surface area contributed by atoms with E-state index < -0.39 is 0 Å². The second kappa shape index (κ2) is 4.74. The predicted octanol–water partition coefficient (Wildman–Crippen LogP) is 2.60. The molecule has 1 aliphatic rings. The third kappa shape index (κ3) is 3.21. The van der Waals surface area contributed by atoms with Crippen molar-refractivity contribution < 1.29 is 0 Å². The minimum Gasteiger partial charge on any atom is -0.387 e. The smallest absolute Gasteiger partial charge is 0.0963 e. The van der Waals surface area contributed by atoms with Crippen molar-refractivity contribution in [3.05, 3.63) is 0 Å². The second-order valence-corrected chi connectivity index (χ2v) is 6.30. The van der Waals surface area contributed by atoms with Gasteiger partial charge in [0.1, 0.15) is 0 Å². The van der Waals surface area contributed by atoms with Gasteiger partial charge < -0.3 is 5.73 Å². The molecule has 0 radical (unpaired) electrons. The second-order valence-electron chi connectivity index (χ2n) is 6.30. The van der Waals surface area contributed by atoms with Crippen LogP contribution in [0.5, 0.6) is 0 Å². The van der Waals surface area contributed by atoms with E-state index in [0.29, 0.717) is 11.4 Å². The van der Waals surface area contributed by atoms with Gasteiger partial charge in [0.2, 0.25) is 0 Å². The van der Waals surface area contributed by atoms with Gasteiger partial charge in [-0.1, -0.05) is 13.8 Å². The summed E-state index contributed by atoms with van der Waals surface area (Å²) in [6.45, 7) is 11.2. The van der Waals surface area contributed by atoms with Crippen molar-refractivity contribution in [2.24, 2.45) is 11.1 Å². The molecule has 0 saturated carbocycles. The van der Waals surface area contributed by atoms with E-state index in [1.165, 1.54) is 19.4 Å². The first-order valence-corrected chi connectivity index (χ1v) is 6.35. The number of rotatable bonds is 5.